The highest BCUT2D eigenvalue weighted by molar-refractivity contribution is 5.29. The van der Waals surface area contributed by atoms with Crippen molar-refractivity contribution >= 4 is 0 Å². The molecule has 0 radical (unpaired) electrons. The Morgan fingerprint density at radius 3 is 2.68 bits per heavy atom. The highest BCUT2D eigenvalue weighted by Gasteiger charge is 2.13. The number of hydrogen-bond donors (Lipinski definition) is 1. The van der Waals surface area contributed by atoms with E-state index >= 15 is 0 Å². The zero-order valence-corrected chi connectivity index (χ0v) is 12.4. The van der Waals surface area contributed by atoms with E-state index in [1.165, 1.54) is 11.1 Å². The summed E-state index contributed by atoms with van der Waals surface area (Å²) in [4.78, 5) is 0. The molecule has 1 rings (SSSR count). The molecule has 1 atom stereocenters. The second kappa shape index (κ2) is 9.96. The number of nitrogens with one attached hydrogen (secondary N) is 1. The van der Waals surface area contributed by atoms with E-state index in [1.54, 1.807) is 7.11 Å². The van der Waals surface area contributed by atoms with E-state index < -0.39 is 0 Å². The van der Waals surface area contributed by atoms with Crippen molar-refractivity contribution in [3.05, 3.63) is 35.4 Å². The smallest absolute Gasteiger partial charge is 0.0587 e. The third-order valence-corrected chi connectivity index (χ3v) is 3.32. The van der Waals surface area contributed by atoms with Gasteiger partial charge in [-0.1, -0.05) is 24.3 Å². The van der Waals surface area contributed by atoms with Gasteiger partial charge < -0.3 is 14.8 Å². The molecule has 0 bridgehead atoms. The second-order valence-corrected chi connectivity index (χ2v) is 4.74. The lowest BCUT2D eigenvalue weighted by atomic mass is 9.92. The van der Waals surface area contributed by atoms with E-state index in [0.29, 0.717) is 5.92 Å². The van der Waals surface area contributed by atoms with Crippen LogP contribution in [0.4, 0.5) is 0 Å². The number of rotatable bonds is 10. The molecule has 19 heavy (non-hydrogen) atoms. The first kappa shape index (κ1) is 16.2. The zero-order valence-electron chi connectivity index (χ0n) is 12.4. The van der Waals surface area contributed by atoms with Gasteiger partial charge in [-0.15, -0.1) is 0 Å². The monoisotopic (exact) mass is 265 g/mol. The first-order chi connectivity index (χ1) is 9.29. The number of hydrogen-bond acceptors (Lipinski definition) is 3. The summed E-state index contributed by atoms with van der Waals surface area (Å²) >= 11 is 0. The molecule has 0 spiro atoms. The van der Waals surface area contributed by atoms with Crippen LogP contribution in [0.2, 0.25) is 0 Å². The molecule has 1 unspecified atom stereocenters. The number of benzene rings is 1. The van der Waals surface area contributed by atoms with E-state index in [2.05, 4.69) is 36.5 Å². The molecular formula is C16H27NO2. The Labute approximate surface area is 117 Å². The summed E-state index contributed by atoms with van der Waals surface area (Å²) in [5.41, 5.74) is 2.78. The summed E-state index contributed by atoms with van der Waals surface area (Å²) in [6.45, 7) is 8.46. The molecule has 0 saturated heterocycles. The van der Waals surface area contributed by atoms with Gasteiger partial charge in [0.05, 0.1) is 6.61 Å². The van der Waals surface area contributed by atoms with Gasteiger partial charge in [-0.2, -0.15) is 0 Å². The summed E-state index contributed by atoms with van der Waals surface area (Å²) in [6.07, 6.45) is 1.05. The van der Waals surface area contributed by atoms with Crippen LogP contribution in [0.15, 0.2) is 24.3 Å². The lowest BCUT2D eigenvalue weighted by Gasteiger charge is -2.20. The maximum Gasteiger partial charge on any atom is 0.0587 e. The largest absolute Gasteiger partial charge is 0.383 e. The summed E-state index contributed by atoms with van der Waals surface area (Å²) in [7, 11) is 1.73. The van der Waals surface area contributed by atoms with Gasteiger partial charge in [0, 0.05) is 33.4 Å². The molecule has 1 aromatic rings. The fourth-order valence-corrected chi connectivity index (χ4v) is 2.23. The number of methoxy groups -OCH3 is 1. The van der Waals surface area contributed by atoms with Gasteiger partial charge in [0.15, 0.2) is 0 Å². The first-order valence-corrected chi connectivity index (χ1v) is 7.12. The normalized spacial score (nSPS) is 12.6. The predicted octanol–water partition coefficient (Wildman–Crippen LogP) is 2.74. The van der Waals surface area contributed by atoms with Crippen LogP contribution in [0, 0.1) is 6.92 Å². The molecule has 0 aliphatic heterocycles. The van der Waals surface area contributed by atoms with Crippen molar-refractivity contribution in [2.45, 2.75) is 26.2 Å². The molecule has 0 aliphatic carbocycles. The van der Waals surface area contributed by atoms with Crippen molar-refractivity contribution in [3.8, 4) is 0 Å². The average Bonchev–Trinajstić information content (AvgIpc) is 2.42. The van der Waals surface area contributed by atoms with Gasteiger partial charge in [-0.3, -0.25) is 0 Å². The quantitative estimate of drug-likeness (QED) is 0.660. The molecule has 0 saturated carbocycles. The van der Waals surface area contributed by atoms with Crippen LogP contribution in [-0.2, 0) is 9.47 Å². The van der Waals surface area contributed by atoms with Gasteiger partial charge in [-0.05, 0) is 37.3 Å². The molecule has 0 aliphatic rings. The maximum absolute atomic E-state index is 5.50. The second-order valence-electron chi connectivity index (χ2n) is 4.74. The Kier molecular flexibility index (Phi) is 8.47. The highest BCUT2D eigenvalue weighted by Crippen LogP contribution is 2.22. The van der Waals surface area contributed by atoms with Crippen LogP contribution in [0.3, 0.4) is 0 Å². The van der Waals surface area contributed by atoms with E-state index in [-0.39, 0.29) is 0 Å². The third-order valence-electron chi connectivity index (χ3n) is 3.32. The molecule has 0 heterocycles. The lowest BCUT2D eigenvalue weighted by molar-refractivity contribution is 0.138. The molecule has 0 amide bonds. The van der Waals surface area contributed by atoms with Crippen LogP contribution in [0.25, 0.3) is 0 Å². The van der Waals surface area contributed by atoms with Crippen molar-refractivity contribution < 1.29 is 9.47 Å². The van der Waals surface area contributed by atoms with Crippen molar-refractivity contribution in [2.24, 2.45) is 0 Å². The summed E-state index contributed by atoms with van der Waals surface area (Å²) in [5.74, 6) is 0.504. The fraction of sp³-hybridized carbons (Fsp3) is 0.625. The van der Waals surface area contributed by atoms with Crippen LogP contribution in [0.5, 0.6) is 0 Å². The fourth-order valence-electron chi connectivity index (χ4n) is 2.23. The Balaban J connectivity index is 2.55. The number of aryl methyl sites for hydroxylation is 1. The average molecular weight is 265 g/mol. The van der Waals surface area contributed by atoms with Crippen molar-refractivity contribution in [1.82, 2.24) is 5.32 Å². The molecule has 3 heteroatoms. The first-order valence-electron chi connectivity index (χ1n) is 7.12. The molecule has 0 aromatic heterocycles. The highest BCUT2D eigenvalue weighted by atomic mass is 16.5. The molecular weight excluding hydrogens is 238 g/mol. The van der Waals surface area contributed by atoms with E-state index in [4.69, 9.17) is 9.47 Å². The minimum absolute atomic E-state index is 0.504. The summed E-state index contributed by atoms with van der Waals surface area (Å²) in [5, 5.41) is 3.46. The van der Waals surface area contributed by atoms with Crippen molar-refractivity contribution in [2.75, 3.05) is 40.0 Å². The van der Waals surface area contributed by atoms with E-state index in [1.807, 2.05) is 6.92 Å². The van der Waals surface area contributed by atoms with Gasteiger partial charge in [0.2, 0.25) is 0 Å². The van der Waals surface area contributed by atoms with E-state index in [9.17, 15) is 0 Å². The van der Waals surface area contributed by atoms with Crippen molar-refractivity contribution in [1.29, 1.82) is 0 Å². The SMILES string of the molecule is CCOCCC(CNCCOC)c1ccccc1C. The minimum atomic E-state index is 0.504. The Morgan fingerprint density at radius 1 is 1.21 bits per heavy atom. The van der Waals surface area contributed by atoms with Gasteiger partial charge in [0.1, 0.15) is 0 Å². The molecule has 0 fully saturated rings. The standard InChI is InChI=1S/C16H27NO2/c1-4-19-11-9-15(13-17-10-12-18-3)16-8-6-5-7-14(16)2/h5-8,15,17H,4,9-13H2,1-3H3. The van der Waals surface area contributed by atoms with Gasteiger partial charge in [-0.25, -0.2) is 0 Å². The molecule has 1 aromatic carbocycles. The summed E-state index contributed by atoms with van der Waals surface area (Å²) < 4.78 is 10.6. The summed E-state index contributed by atoms with van der Waals surface area (Å²) in [6, 6.07) is 8.62. The van der Waals surface area contributed by atoms with Crippen LogP contribution in [-0.4, -0.2) is 40.0 Å². The third kappa shape index (κ3) is 6.19. The minimum Gasteiger partial charge on any atom is -0.383 e. The Hall–Kier alpha value is -0.900. The Morgan fingerprint density at radius 2 is 2.00 bits per heavy atom. The topological polar surface area (TPSA) is 30.5 Å². The van der Waals surface area contributed by atoms with Gasteiger partial charge in [0.25, 0.3) is 0 Å². The van der Waals surface area contributed by atoms with Crippen LogP contribution in [0.1, 0.15) is 30.4 Å². The number of ether oxygens (including phenoxy) is 2. The zero-order chi connectivity index (χ0) is 13.9. The molecule has 1 N–H and O–H groups in total. The van der Waals surface area contributed by atoms with Crippen LogP contribution < -0.4 is 5.32 Å². The Bertz CT molecular complexity index is 341. The van der Waals surface area contributed by atoms with Crippen LogP contribution >= 0.6 is 0 Å². The maximum atomic E-state index is 5.50. The van der Waals surface area contributed by atoms with Crippen molar-refractivity contribution in [3.63, 3.8) is 0 Å². The predicted molar refractivity (Wildman–Crippen MR) is 79.8 cm³/mol. The van der Waals surface area contributed by atoms with Gasteiger partial charge >= 0.3 is 0 Å². The van der Waals surface area contributed by atoms with E-state index in [0.717, 1.165) is 39.3 Å². The lowest BCUT2D eigenvalue weighted by Crippen LogP contribution is -2.26. The molecule has 3 nitrogen and oxygen atoms in total. The molecule has 108 valence electrons.